The predicted octanol–water partition coefficient (Wildman–Crippen LogP) is 4.19. The van der Waals surface area contributed by atoms with Crippen molar-refractivity contribution in [2.75, 3.05) is 34.9 Å². The molecule has 0 saturated carbocycles. The van der Waals surface area contributed by atoms with Crippen molar-refractivity contribution in [1.82, 2.24) is 10.2 Å². The van der Waals surface area contributed by atoms with Gasteiger partial charge in [0.05, 0.1) is 14.2 Å². The minimum absolute atomic E-state index is 0. The van der Waals surface area contributed by atoms with Gasteiger partial charge < -0.3 is 19.7 Å². The molecule has 7 heteroatoms. The number of rotatable bonds is 7. The number of guanidine groups is 1. The molecule has 1 aromatic heterocycles. The van der Waals surface area contributed by atoms with Crippen LogP contribution in [0.2, 0.25) is 0 Å². The molecule has 0 aliphatic heterocycles. The first-order chi connectivity index (χ1) is 12.1. The van der Waals surface area contributed by atoms with Gasteiger partial charge in [0.25, 0.3) is 0 Å². The van der Waals surface area contributed by atoms with E-state index in [1.165, 1.54) is 4.88 Å². The Hall–Kier alpha value is -1.48. The van der Waals surface area contributed by atoms with E-state index in [4.69, 9.17) is 9.47 Å². The van der Waals surface area contributed by atoms with E-state index in [-0.39, 0.29) is 24.0 Å². The quantitative estimate of drug-likeness (QED) is 0.360. The predicted molar refractivity (Wildman–Crippen MR) is 121 cm³/mol. The van der Waals surface area contributed by atoms with E-state index in [2.05, 4.69) is 39.6 Å². The Morgan fingerprint density at radius 2 is 2.04 bits per heavy atom. The van der Waals surface area contributed by atoms with Crippen molar-refractivity contribution in [2.24, 2.45) is 4.99 Å². The van der Waals surface area contributed by atoms with Crippen LogP contribution in [0, 0.1) is 0 Å². The fourth-order valence-electron chi connectivity index (χ4n) is 2.61. The average Bonchev–Trinajstić information content (AvgIpc) is 3.17. The second-order valence-corrected chi connectivity index (χ2v) is 6.86. The molecule has 0 amide bonds. The number of hydrogen-bond acceptors (Lipinski definition) is 4. The zero-order chi connectivity index (χ0) is 18.2. The maximum atomic E-state index is 5.48. The lowest BCUT2D eigenvalue weighted by atomic mass is 10.1. The smallest absolute Gasteiger partial charge is 0.193 e. The first kappa shape index (κ1) is 22.6. The summed E-state index contributed by atoms with van der Waals surface area (Å²) in [6.07, 6.45) is 0. The lowest BCUT2D eigenvalue weighted by Crippen LogP contribution is -2.40. The van der Waals surface area contributed by atoms with Crippen LogP contribution in [0.15, 0.2) is 40.7 Å². The van der Waals surface area contributed by atoms with E-state index in [1.807, 2.05) is 25.2 Å². The number of nitrogens with zero attached hydrogens (tertiary/aromatic N) is 2. The Morgan fingerprint density at radius 1 is 1.27 bits per heavy atom. The number of aliphatic imine (C=N–C) groups is 1. The van der Waals surface area contributed by atoms with Gasteiger partial charge in [-0.1, -0.05) is 13.0 Å². The Bertz CT molecular complexity index is 692. The van der Waals surface area contributed by atoms with Crippen LogP contribution in [0.3, 0.4) is 0 Å². The number of halogens is 1. The van der Waals surface area contributed by atoms with Gasteiger partial charge in [0.15, 0.2) is 5.96 Å². The first-order valence-corrected chi connectivity index (χ1v) is 9.13. The zero-order valence-electron chi connectivity index (χ0n) is 16.0. The molecule has 0 aliphatic carbocycles. The van der Waals surface area contributed by atoms with Crippen molar-refractivity contribution in [3.63, 3.8) is 0 Å². The van der Waals surface area contributed by atoms with Crippen molar-refractivity contribution >= 4 is 41.3 Å². The fourth-order valence-corrected chi connectivity index (χ4v) is 3.40. The van der Waals surface area contributed by atoms with Crippen LogP contribution in [-0.2, 0) is 6.54 Å². The molecule has 0 radical (unpaired) electrons. The molecule has 0 spiro atoms. The molecule has 2 rings (SSSR count). The van der Waals surface area contributed by atoms with Crippen LogP contribution in [0.25, 0.3) is 0 Å². The van der Waals surface area contributed by atoms with Gasteiger partial charge in [-0.3, -0.25) is 4.99 Å². The number of methoxy groups -OCH3 is 2. The highest BCUT2D eigenvalue weighted by atomic mass is 127. The SMILES string of the molecule is CN=C(NCC(C)c1cccs1)N(C)Cc1ccc(OC)cc1OC.I. The molecule has 0 bridgehead atoms. The Morgan fingerprint density at radius 3 is 2.62 bits per heavy atom. The van der Waals surface area contributed by atoms with Crippen molar-refractivity contribution in [2.45, 2.75) is 19.4 Å². The third-order valence-corrected chi connectivity index (χ3v) is 5.17. The van der Waals surface area contributed by atoms with Crippen LogP contribution < -0.4 is 14.8 Å². The number of ether oxygens (including phenoxy) is 2. The van der Waals surface area contributed by atoms with Crippen molar-refractivity contribution < 1.29 is 9.47 Å². The largest absolute Gasteiger partial charge is 0.497 e. The molecule has 0 aliphatic rings. The van der Waals surface area contributed by atoms with Gasteiger partial charge in [-0.15, -0.1) is 35.3 Å². The van der Waals surface area contributed by atoms with Gasteiger partial charge >= 0.3 is 0 Å². The Labute approximate surface area is 177 Å². The van der Waals surface area contributed by atoms with Gasteiger partial charge in [-0.05, 0) is 23.6 Å². The third-order valence-electron chi connectivity index (χ3n) is 4.07. The normalized spacial score (nSPS) is 12.1. The van der Waals surface area contributed by atoms with Gasteiger partial charge in [0, 0.05) is 49.6 Å². The lowest BCUT2D eigenvalue weighted by molar-refractivity contribution is 0.382. The summed E-state index contributed by atoms with van der Waals surface area (Å²) in [5, 5.41) is 5.57. The summed E-state index contributed by atoms with van der Waals surface area (Å²) in [6.45, 7) is 3.76. The zero-order valence-corrected chi connectivity index (χ0v) is 19.1. The van der Waals surface area contributed by atoms with Gasteiger partial charge in [0.2, 0.25) is 0 Å². The minimum atomic E-state index is 0. The molecule has 2 aromatic rings. The molecule has 0 fully saturated rings. The average molecular weight is 489 g/mol. The Kier molecular flexibility index (Phi) is 9.79. The van der Waals surface area contributed by atoms with Crippen LogP contribution in [0.4, 0.5) is 0 Å². The molecule has 1 atom stereocenters. The van der Waals surface area contributed by atoms with Crippen LogP contribution >= 0.6 is 35.3 Å². The van der Waals surface area contributed by atoms with Crippen LogP contribution in [-0.4, -0.2) is 45.7 Å². The van der Waals surface area contributed by atoms with E-state index in [0.717, 1.165) is 29.6 Å². The van der Waals surface area contributed by atoms with Gasteiger partial charge in [-0.2, -0.15) is 0 Å². The van der Waals surface area contributed by atoms with E-state index in [0.29, 0.717) is 12.5 Å². The third kappa shape index (κ3) is 6.05. The molecule has 0 saturated heterocycles. The van der Waals surface area contributed by atoms with Crippen LogP contribution in [0.1, 0.15) is 23.3 Å². The molecular formula is C19H28IN3O2S. The Balaban J connectivity index is 0.00000338. The molecule has 1 N–H and O–H groups in total. The monoisotopic (exact) mass is 489 g/mol. The maximum Gasteiger partial charge on any atom is 0.193 e. The van der Waals surface area contributed by atoms with E-state index < -0.39 is 0 Å². The fraction of sp³-hybridized carbons (Fsp3) is 0.421. The summed E-state index contributed by atoms with van der Waals surface area (Å²) < 4.78 is 10.7. The number of nitrogens with one attached hydrogen (secondary N) is 1. The van der Waals surface area contributed by atoms with E-state index in [9.17, 15) is 0 Å². The number of thiophene rings is 1. The topological polar surface area (TPSA) is 46.1 Å². The molecule has 144 valence electrons. The van der Waals surface area contributed by atoms with Gasteiger partial charge in [0.1, 0.15) is 11.5 Å². The maximum absolute atomic E-state index is 5.48. The van der Waals surface area contributed by atoms with Crippen molar-refractivity contribution in [3.05, 3.63) is 46.2 Å². The highest BCUT2D eigenvalue weighted by Gasteiger charge is 2.13. The summed E-state index contributed by atoms with van der Waals surface area (Å²) in [6, 6.07) is 10.1. The summed E-state index contributed by atoms with van der Waals surface area (Å²) in [7, 11) is 7.16. The van der Waals surface area contributed by atoms with Crippen molar-refractivity contribution in [3.8, 4) is 11.5 Å². The van der Waals surface area contributed by atoms with E-state index in [1.54, 1.807) is 32.6 Å². The molecule has 1 aromatic carbocycles. The second-order valence-electron chi connectivity index (χ2n) is 5.88. The first-order valence-electron chi connectivity index (χ1n) is 8.25. The van der Waals surface area contributed by atoms with Crippen LogP contribution in [0.5, 0.6) is 11.5 Å². The summed E-state index contributed by atoms with van der Waals surface area (Å²) in [5.41, 5.74) is 1.08. The van der Waals surface area contributed by atoms with E-state index >= 15 is 0 Å². The minimum Gasteiger partial charge on any atom is -0.497 e. The number of hydrogen-bond donors (Lipinski definition) is 1. The highest BCUT2D eigenvalue weighted by Crippen LogP contribution is 2.25. The molecule has 26 heavy (non-hydrogen) atoms. The highest BCUT2D eigenvalue weighted by molar-refractivity contribution is 14.0. The molecule has 1 unspecified atom stereocenters. The standard InChI is InChI=1S/C19H27N3O2S.HI/c1-14(18-7-6-10-25-18)12-21-19(20-2)22(3)13-15-8-9-16(23-4)11-17(15)24-5;/h6-11,14H,12-13H2,1-5H3,(H,20,21);1H. The molecule has 1 heterocycles. The summed E-state index contributed by atoms with van der Waals surface area (Å²) in [4.78, 5) is 7.86. The van der Waals surface area contributed by atoms with Crippen molar-refractivity contribution in [1.29, 1.82) is 0 Å². The van der Waals surface area contributed by atoms with Gasteiger partial charge in [-0.25, -0.2) is 0 Å². The second kappa shape index (κ2) is 11.3. The summed E-state index contributed by atoms with van der Waals surface area (Å²) in [5.74, 6) is 2.91. The molecular weight excluding hydrogens is 461 g/mol. The molecule has 5 nitrogen and oxygen atoms in total. The lowest BCUT2D eigenvalue weighted by Gasteiger charge is -2.24. The number of benzene rings is 1. The summed E-state index contributed by atoms with van der Waals surface area (Å²) >= 11 is 1.79.